The fourth-order valence-electron chi connectivity index (χ4n) is 2.09. The lowest BCUT2D eigenvalue weighted by Gasteiger charge is -2.28. The van der Waals surface area contributed by atoms with Crippen molar-refractivity contribution in [2.24, 2.45) is 5.92 Å². The predicted molar refractivity (Wildman–Crippen MR) is 40.0 cm³/mol. The minimum atomic E-state index is 0.753. The molecule has 58 valence electrons. The Balaban J connectivity index is 1.97. The molecule has 0 N–H and O–H groups in total. The van der Waals surface area contributed by atoms with E-state index in [1.807, 2.05) is 0 Å². The van der Waals surface area contributed by atoms with Gasteiger partial charge in [0.25, 0.3) is 0 Å². The number of ether oxygens (including phenoxy) is 1. The molecule has 10 heavy (non-hydrogen) atoms. The van der Waals surface area contributed by atoms with Gasteiger partial charge in [0, 0.05) is 19.1 Å². The Morgan fingerprint density at radius 3 is 3.20 bits per heavy atom. The maximum Gasteiger partial charge on any atom is 0.0622 e. The van der Waals surface area contributed by atoms with Crippen LogP contribution in [0.15, 0.2) is 0 Å². The lowest BCUT2D eigenvalue weighted by molar-refractivity contribution is 0.0128. The highest BCUT2D eigenvalue weighted by molar-refractivity contribution is 4.84. The van der Waals surface area contributed by atoms with Crippen molar-refractivity contribution in [2.75, 3.05) is 26.3 Å². The van der Waals surface area contributed by atoms with Gasteiger partial charge >= 0.3 is 0 Å². The average molecular weight is 141 g/mol. The van der Waals surface area contributed by atoms with E-state index in [-0.39, 0.29) is 0 Å². The molecule has 0 unspecified atom stereocenters. The quantitative estimate of drug-likeness (QED) is 0.493. The van der Waals surface area contributed by atoms with E-state index in [0.29, 0.717) is 0 Å². The monoisotopic (exact) mass is 141 g/mol. The first-order valence-electron chi connectivity index (χ1n) is 4.18. The van der Waals surface area contributed by atoms with Crippen LogP contribution in [-0.2, 0) is 4.74 Å². The topological polar surface area (TPSA) is 12.5 Å². The van der Waals surface area contributed by atoms with Gasteiger partial charge in [-0.05, 0) is 12.3 Å². The number of morpholine rings is 1. The summed E-state index contributed by atoms with van der Waals surface area (Å²) in [6, 6.07) is 0.753. The molecule has 2 saturated heterocycles. The zero-order chi connectivity index (χ0) is 6.97. The molecule has 2 heteroatoms. The summed E-state index contributed by atoms with van der Waals surface area (Å²) in [5.41, 5.74) is 0. The van der Waals surface area contributed by atoms with Gasteiger partial charge in [-0.3, -0.25) is 4.90 Å². The van der Waals surface area contributed by atoms with Crippen molar-refractivity contribution in [3.8, 4) is 0 Å². The molecular weight excluding hydrogens is 126 g/mol. The van der Waals surface area contributed by atoms with Gasteiger partial charge in [-0.1, -0.05) is 6.92 Å². The second kappa shape index (κ2) is 2.51. The Morgan fingerprint density at radius 2 is 2.40 bits per heavy atom. The van der Waals surface area contributed by atoms with Gasteiger partial charge in [-0.2, -0.15) is 0 Å². The van der Waals surface area contributed by atoms with Crippen molar-refractivity contribution in [1.29, 1.82) is 0 Å². The summed E-state index contributed by atoms with van der Waals surface area (Å²) < 4.78 is 5.39. The summed E-state index contributed by atoms with van der Waals surface area (Å²) in [5, 5.41) is 0. The molecule has 0 bridgehead atoms. The van der Waals surface area contributed by atoms with Gasteiger partial charge in [0.2, 0.25) is 0 Å². The van der Waals surface area contributed by atoms with Crippen molar-refractivity contribution in [2.45, 2.75) is 19.4 Å². The Labute approximate surface area is 62.2 Å². The van der Waals surface area contributed by atoms with E-state index in [1.54, 1.807) is 0 Å². The van der Waals surface area contributed by atoms with E-state index in [2.05, 4.69) is 11.8 Å². The van der Waals surface area contributed by atoms with Gasteiger partial charge < -0.3 is 4.74 Å². The Bertz CT molecular complexity index is 112. The Morgan fingerprint density at radius 1 is 1.50 bits per heavy atom. The van der Waals surface area contributed by atoms with E-state index >= 15 is 0 Å². The Hall–Kier alpha value is -0.0800. The number of nitrogens with zero attached hydrogens (tertiary/aromatic N) is 1. The molecule has 2 heterocycles. The van der Waals surface area contributed by atoms with E-state index < -0.39 is 0 Å². The molecule has 0 aromatic heterocycles. The van der Waals surface area contributed by atoms with Crippen LogP contribution in [0.2, 0.25) is 0 Å². The first kappa shape index (κ1) is 6.62. The van der Waals surface area contributed by atoms with Crippen LogP contribution >= 0.6 is 0 Å². The van der Waals surface area contributed by atoms with Crippen LogP contribution in [0.3, 0.4) is 0 Å². The average Bonchev–Trinajstić information content (AvgIpc) is 2.27. The van der Waals surface area contributed by atoms with Crippen LogP contribution in [-0.4, -0.2) is 37.2 Å². The van der Waals surface area contributed by atoms with Gasteiger partial charge in [-0.15, -0.1) is 0 Å². The second-order valence-electron chi connectivity index (χ2n) is 3.56. The van der Waals surface area contributed by atoms with Gasteiger partial charge in [0.05, 0.1) is 13.2 Å². The van der Waals surface area contributed by atoms with Crippen molar-refractivity contribution in [3.05, 3.63) is 0 Å². The molecule has 0 aromatic rings. The smallest absolute Gasteiger partial charge is 0.0622 e. The summed E-state index contributed by atoms with van der Waals surface area (Å²) in [4.78, 5) is 2.56. The largest absolute Gasteiger partial charge is 0.378 e. The van der Waals surface area contributed by atoms with E-state index in [1.165, 1.54) is 13.0 Å². The first-order valence-corrected chi connectivity index (χ1v) is 4.18. The number of hydrogen-bond donors (Lipinski definition) is 0. The molecule has 2 aliphatic heterocycles. The highest BCUT2D eigenvalue weighted by atomic mass is 16.5. The molecule has 0 amide bonds. The van der Waals surface area contributed by atoms with Crippen molar-refractivity contribution in [1.82, 2.24) is 4.90 Å². The molecule has 0 spiro atoms. The summed E-state index contributed by atoms with van der Waals surface area (Å²) >= 11 is 0. The van der Waals surface area contributed by atoms with Crippen LogP contribution in [0.5, 0.6) is 0 Å². The summed E-state index contributed by atoms with van der Waals surface area (Å²) in [6.45, 7) is 6.72. The summed E-state index contributed by atoms with van der Waals surface area (Å²) in [7, 11) is 0. The van der Waals surface area contributed by atoms with E-state index in [0.717, 1.165) is 31.7 Å². The molecule has 2 aliphatic rings. The third kappa shape index (κ3) is 1.06. The van der Waals surface area contributed by atoms with Crippen molar-refractivity contribution >= 4 is 0 Å². The van der Waals surface area contributed by atoms with Crippen LogP contribution in [0.1, 0.15) is 13.3 Å². The minimum Gasteiger partial charge on any atom is -0.378 e. The summed E-state index contributed by atoms with van der Waals surface area (Å²) in [6.07, 6.45) is 1.35. The van der Waals surface area contributed by atoms with E-state index in [9.17, 15) is 0 Å². The zero-order valence-corrected chi connectivity index (χ0v) is 6.55. The predicted octanol–water partition coefficient (Wildman–Crippen LogP) is 0.727. The highest BCUT2D eigenvalue weighted by Gasteiger charge is 2.31. The molecular formula is C8H15NO. The number of rotatable bonds is 0. The molecule has 0 aromatic carbocycles. The SMILES string of the molecule is C[C@@H]1C[C@H]2COCCN2C1. The van der Waals surface area contributed by atoms with E-state index in [4.69, 9.17) is 4.74 Å². The molecule has 0 aliphatic carbocycles. The standard InChI is InChI=1S/C8H15NO/c1-7-4-8-6-10-3-2-9(8)5-7/h7-8H,2-6H2,1H3/t7-,8+/m1/s1. The fraction of sp³-hybridized carbons (Fsp3) is 1.00. The van der Waals surface area contributed by atoms with Crippen molar-refractivity contribution in [3.63, 3.8) is 0 Å². The fourth-order valence-corrected chi connectivity index (χ4v) is 2.09. The minimum absolute atomic E-state index is 0.753. The lowest BCUT2D eigenvalue weighted by atomic mass is 10.1. The molecule has 0 saturated carbocycles. The maximum atomic E-state index is 5.39. The van der Waals surface area contributed by atoms with Crippen molar-refractivity contribution < 1.29 is 4.74 Å². The molecule has 2 nitrogen and oxygen atoms in total. The normalized spacial score (nSPS) is 41.7. The molecule has 0 radical (unpaired) electrons. The number of hydrogen-bond acceptors (Lipinski definition) is 2. The zero-order valence-electron chi connectivity index (χ0n) is 6.55. The van der Waals surface area contributed by atoms with Crippen LogP contribution in [0.25, 0.3) is 0 Å². The Kier molecular flexibility index (Phi) is 1.66. The van der Waals surface area contributed by atoms with Crippen LogP contribution in [0.4, 0.5) is 0 Å². The van der Waals surface area contributed by atoms with Gasteiger partial charge in [-0.25, -0.2) is 0 Å². The highest BCUT2D eigenvalue weighted by Crippen LogP contribution is 2.24. The van der Waals surface area contributed by atoms with Crippen LogP contribution < -0.4 is 0 Å². The molecule has 2 atom stereocenters. The first-order chi connectivity index (χ1) is 4.86. The molecule has 2 rings (SSSR count). The summed E-state index contributed by atoms with van der Waals surface area (Å²) in [5.74, 6) is 0.895. The van der Waals surface area contributed by atoms with Gasteiger partial charge in [0.15, 0.2) is 0 Å². The second-order valence-corrected chi connectivity index (χ2v) is 3.56. The molecule has 2 fully saturated rings. The lowest BCUT2D eigenvalue weighted by Crippen LogP contribution is -2.40. The van der Waals surface area contributed by atoms with Gasteiger partial charge in [0.1, 0.15) is 0 Å². The maximum absolute atomic E-state index is 5.39. The third-order valence-corrected chi connectivity index (χ3v) is 2.57. The third-order valence-electron chi connectivity index (χ3n) is 2.57. The number of fused-ring (bicyclic) bond motifs is 1. The van der Waals surface area contributed by atoms with Crippen LogP contribution in [0, 0.1) is 5.92 Å².